The molecule has 3 aromatic rings. The molecule has 2 aliphatic rings. The summed E-state index contributed by atoms with van der Waals surface area (Å²) in [6.07, 6.45) is -6.51. The minimum Gasteiger partial charge on any atom is -0.313 e. The molecule has 0 spiro atoms. The van der Waals surface area contributed by atoms with Crippen LogP contribution in [0.1, 0.15) is 55.4 Å². The number of amides is 2. The van der Waals surface area contributed by atoms with Gasteiger partial charge in [0, 0.05) is 25.7 Å². The molecule has 2 aliphatic heterocycles. The van der Waals surface area contributed by atoms with E-state index in [1.165, 1.54) is 45.3 Å². The molecular formula is C33H33F7N4O2. The standard InChI is InChI=1S/C33H33F7N4O2/c1-19-13-23(34)8-9-24(19)25-17-28(44-12-6-11-43-10-5-7-26(43)29(44)45)41-18-27(25)42(4)30(46)31(2,3)20-14-21(32(35,36)37)16-22(15-20)33(38,39)40/h8-9,13-18,26H,5-7,10-12H2,1-4H3. The van der Waals surface area contributed by atoms with E-state index in [4.69, 9.17) is 0 Å². The molecule has 2 aromatic carbocycles. The minimum atomic E-state index is -5.09. The summed E-state index contributed by atoms with van der Waals surface area (Å²) in [5, 5.41) is 0. The van der Waals surface area contributed by atoms with Crippen molar-refractivity contribution in [1.29, 1.82) is 0 Å². The summed E-state index contributed by atoms with van der Waals surface area (Å²) in [6.45, 7) is 6.13. The summed E-state index contributed by atoms with van der Waals surface area (Å²) in [5.74, 6) is -1.11. The van der Waals surface area contributed by atoms with E-state index in [1.807, 2.05) is 0 Å². The van der Waals surface area contributed by atoms with Crippen molar-refractivity contribution >= 4 is 23.3 Å². The highest BCUT2D eigenvalue weighted by atomic mass is 19.4. The second-order valence-corrected chi connectivity index (χ2v) is 12.3. The highest BCUT2D eigenvalue weighted by molar-refractivity contribution is 6.04. The van der Waals surface area contributed by atoms with E-state index in [9.17, 15) is 40.3 Å². The molecule has 0 bridgehead atoms. The Bertz CT molecular complexity index is 1640. The van der Waals surface area contributed by atoms with Gasteiger partial charge in [0.15, 0.2) is 0 Å². The molecule has 13 heteroatoms. The first-order valence-electron chi connectivity index (χ1n) is 14.8. The second kappa shape index (κ2) is 12.0. The number of hydrogen-bond acceptors (Lipinski definition) is 4. The maximum absolute atomic E-state index is 14.1. The van der Waals surface area contributed by atoms with Gasteiger partial charge >= 0.3 is 12.4 Å². The fourth-order valence-corrected chi connectivity index (χ4v) is 6.29. The van der Waals surface area contributed by atoms with Gasteiger partial charge in [-0.2, -0.15) is 26.3 Å². The summed E-state index contributed by atoms with van der Waals surface area (Å²) in [7, 11) is 1.34. The maximum Gasteiger partial charge on any atom is 0.416 e. The van der Waals surface area contributed by atoms with Crippen LogP contribution in [0.3, 0.4) is 0 Å². The van der Waals surface area contributed by atoms with Crippen LogP contribution in [0.2, 0.25) is 0 Å². The summed E-state index contributed by atoms with van der Waals surface area (Å²) >= 11 is 0. The summed E-state index contributed by atoms with van der Waals surface area (Å²) in [4.78, 5) is 37.0. The van der Waals surface area contributed by atoms with Crippen LogP contribution >= 0.6 is 0 Å². The molecular weight excluding hydrogens is 617 g/mol. The predicted octanol–water partition coefficient (Wildman–Crippen LogP) is 7.38. The van der Waals surface area contributed by atoms with Crippen LogP contribution < -0.4 is 9.80 Å². The molecule has 1 aromatic heterocycles. The number of carbonyl (C=O) groups excluding carboxylic acids is 2. The lowest BCUT2D eigenvalue weighted by Crippen LogP contribution is -2.43. The van der Waals surface area contributed by atoms with E-state index in [0.717, 1.165) is 30.8 Å². The van der Waals surface area contributed by atoms with Gasteiger partial charge in [0.05, 0.1) is 34.5 Å². The topological polar surface area (TPSA) is 56.8 Å². The van der Waals surface area contributed by atoms with Crippen molar-refractivity contribution in [3.63, 3.8) is 0 Å². The van der Waals surface area contributed by atoms with E-state index < -0.39 is 46.2 Å². The number of halogens is 7. The number of rotatable bonds is 5. The van der Waals surface area contributed by atoms with E-state index in [0.29, 0.717) is 47.6 Å². The average molecular weight is 651 g/mol. The number of hydrogen-bond donors (Lipinski definition) is 0. The Hall–Kier alpha value is -4.00. The summed E-state index contributed by atoms with van der Waals surface area (Å²) in [5.41, 5.74) is -3.85. The average Bonchev–Trinajstić information content (AvgIpc) is 3.39. The summed E-state index contributed by atoms with van der Waals surface area (Å²) < 4.78 is 96.0. The first-order valence-corrected chi connectivity index (χ1v) is 14.8. The quantitative estimate of drug-likeness (QED) is 0.271. The van der Waals surface area contributed by atoms with Crippen molar-refractivity contribution in [2.45, 2.75) is 63.8 Å². The molecule has 6 nitrogen and oxygen atoms in total. The smallest absolute Gasteiger partial charge is 0.313 e. The fourth-order valence-electron chi connectivity index (χ4n) is 6.29. The zero-order chi connectivity index (χ0) is 33.8. The first-order chi connectivity index (χ1) is 21.4. The van der Waals surface area contributed by atoms with Crippen molar-refractivity contribution in [3.8, 4) is 11.1 Å². The number of benzene rings is 2. The monoisotopic (exact) mass is 650 g/mol. The SMILES string of the molecule is Cc1cc(F)ccc1-c1cc(N2CCCN3CCCC3C2=O)ncc1N(C)C(=O)C(C)(C)c1cc(C(F)(F)F)cc(C(F)(F)F)c1. The molecule has 3 heterocycles. The number of aromatic nitrogens is 1. The van der Waals surface area contributed by atoms with Gasteiger partial charge in [-0.05, 0) is 99.7 Å². The lowest BCUT2D eigenvalue weighted by atomic mass is 9.81. The lowest BCUT2D eigenvalue weighted by Gasteiger charge is -2.32. The minimum absolute atomic E-state index is 0.0146. The van der Waals surface area contributed by atoms with Crippen molar-refractivity contribution in [3.05, 3.63) is 76.7 Å². The van der Waals surface area contributed by atoms with Gasteiger partial charge in [-0.15, -0.1) is 0 Å². The Morgan fingerprint density at radius 2 is 1.48 bits per heavy atom. The maximum atomic E-state index is 14.1. The van der Waals surface area contributed by atoms with Crippen LogP contribution in [-0.2, 0) is 27.4 Å². The van der Waals surface area contributed by atoms with Gasteiger partial charge in [0.25, 0.3) is 0 Å². The Labute approximate surface area is 261 Å². The number of nitrogens with zero attached hydrogens (tertiary/aromatic N) is 4. The molecule has 46 heavy (non-hydrogen) atoms. The molecule has 0 N–H and O–H groups in total. The largest absolute Gasteiger partial charge is 0.416 e. The molecule has 2 fully saturated rings. The predicted molar refractivity (Wildman–Crippen MR) is 159 cm³/mol. The van der Waals surface area contributed by atoms with Crippen LogP contribution in [0.5, 0.6) is 0 Å². The van der Waals surface area contributed by atoms with Gasteiger partial charge < -0.3 is 4.90 Å². The summed E-state index contributed by atoms with van der Waals surface area (Å²) in [6, 6.07) is 6.46. The van der Waals surface area contributed by atoms with Crippen molar-refractivity contribution < 1.29 is 40.3 Å². The molecule has 0 radical (unpaired) electrons. The van der Waals surface area contributed by atoms with E-state index in [2.05, 4.69) is 9.88 Å². The van der Waals surface area contributed by atoms with Crippen molar-refractivity contribution in [2.75, 3.05) is 36.5 Å². The van der Waals surface area contributed by atoms with Crippen LogP contribution in [0.15, 0.2) is 48.7 Å². The molecule has 0 saturated carbocycles. The zero-order valence-corrected chi connectivity index (χ0v) is 25.7. The van der Waals surface area contributed by atoms with Gasteiger partial charge in [-0.25, -0.2) is 9.37 Å². The number of fused-ring (bicyclic) bond motifs is 1. The van der Waals surface area contributed by atoms with E-state index in [1.54, 1.807) is 17.9 Å². The molecule has 2 amide bonds. The number of carbonyl (C=O) groups is 2. The zero-order valence-electron chi connectivity index (χ0n) is 25.7. The molecule has 5 rings (SSSR count). The van der Waals surface area contributed by atoms with Crippen LogP contribution in [0, 0.1) is 12.7 Å². The van der Waals surface area contributed by atoms with Gasteiger partial charge in [-0.3, -0.25) is 19.4 Å². The molecule has 1 atom stereocenters. The Kier molecular flexibility index (Phi) is 8.69. The molecule has 2 saturated heterocycles. The van der Waals surface area contributed by atoms with Crippen molar-refractivity contribution in [1.82, 2.24) is 9.88 Å². The highest BCUT2D eigenvalue weighted by Crippen LogP contribution is 2.41. The Balaban J connectivity index is 1.60. The van der Waals surface area contributed by atoms with Gasteiger partial charge in [0.1, 0.15) is 11.6 Å². The first kappa shape index (κ1) is 33.4. The third-order valence-corrected chi connectivity index (χ3v) is 8.88. The van der Waals surface area contributed by atoms with Crippen LogP contribution in [-0.4, -0.2) is 54.4 Å². The number of pyridine rings is 1. The van der Waals surface area contributed by atoms with E-state index in [-0.39, 0.29) is 23.7 Å². The van der Waals surface area contributed by atoms with E-state index >= 15 is 0 Å². The number of aryl methyl sites for hydroxylation is 1. The van der Waals surface area contributed by atoms with Crippen molar-refractivity contribution in [2.24, 2.45) is 0 Å². The number of likely N-dealkylation sites (N-methyl/N-ethyl adjacent to an activating group) is 1. The number of alkyl halides is 6. The molecule has 1 unspecified atom stereocenters. The Morgan fingerprint density at radius 1 is 0.870 bits per heavy atom. The van der Waals surface area contributed by atoms with Gasteiger partial charge in [-0.1, -0.05) is 6.07 Å². The third kappa shape index (κ3) is 6.33. The van der Waals surface area contributed by atoms with Gasteiger partial charge in [0.2, 0.25) is 11.8 Å². The highest BCUT2D eigenvalue weighted by Gasteiger charge is 2.42. The normalized spacial score (nSPS) is 18.0. The van der Waals surface area contributed by atoms with Crippen LogP contribution in [0.25, 0.3) is 11.1 Å². The third-order valence-electron chi connectivity index (χ3n) is 8.88. The Morgan fingerprint density at radius 3 is 2.09 bits per heavy atom. The fraction of sp³-hybridized carbons (Fsp3) is 0.424. The lowest BCUT2D eigenvalue weighted by molar-refractivity contribution is -0.143. The molecule has 0 aliphatic carbocycles. The second-order valence-electron chi connectivity index (χ2n) is 12.3. The number of anilines is 2. The van der Waals surface area contributed by atoms with Crippen LogP contribution in [0.4, 0.5) is 42.2 Å². The molecule has 246 valence electrons.